The molecular weight excluding hydrogens is 324 g/mol. The molecule has 6 heteroatoms. The van der Waals surface area contributed by atoms with Crippen molar-refractivity contribution in [3.8, 4) is 0 Å². The van der Waals surface area contributed by atoms with E-state index < -0.39 is 14.8 Å². The fourth-order valence-electron chi connectivity index (χ4n) is 1.85. The Bertz CT molecular complexity index is 320. The molecule has 0 N–H and O–H groups in total. The summed E-state index contributed by atoms with van der Waals surface area (Å²) < 4.78 is 23.3. The molecule has 0 aromatic heterocycles. The van der Waals surface area contributed by atoms with Gasteiger partial charge in [-0.15, -0.1) is 0 Å². The highest BCUT2D eigenvalue weighted by atomic mass is 28.4. The molecule has 0 bridgehead atoms. The molecule has 0 rings (SSSR count). The summed E-state index contributed by atoms with van der Waals surface area (Å²) in [6.45, 7) is 14.0. The second kappa shape index (κ2) is 14.6. The Hall–Kier alpha value is -0.693. The van der Waals surface area contributed by atoms with Crippen LogP contribution in [0.2, 0.25) is 0 Å². The van der Waals surface area contributed by atoms with Gasteiger partial charge >= 0.3 is 14.8 Å². The molecule has 0 atom stereocenters. The van der Waals surface area contributed by atoms with Gasteiger partial charge in [0.15, 0.2) is 0 Å². The third kappa shape index (κ3) is 8.96. The maximum Gasteiger partial charge on any atom is 0.544 e. The zero-order valence-corrected chi connectivity index (χ0v) is 17.0. The molecule has 142 valence electrons. The molecule has 0 aliphatic rings. The van der Waals surface area contributed by atoms with Crippen LogP contribution in [0.3, 0.4) is 0 Å². The van der Waals surface area contributed by atoms with E-state index in [0.29, 0.717) is 26.4 Å². The number of esters is 1. The molecule has 0 radical (unpaired) electrons. The Balaban J connectivity index is 5.15. The molecule has 0 aliphatic carbocycles. The van der Waals surface area contributed by atoms with Crippen LogP contribution in [0.15, 0.2) is 11.8 Å². The fraction of sp³-hybridized carbons (Fsp3) is 0.833. The topological polar surface area (TPSA) is 54.0 Å². The van der Waals surface area contributed by atoms with Crippen LogP contribution in [0.25, 0.3) is 0 Å². The van der Waals surface area contributed by atoms with E-state index in [2.05, 4.69) is 27.4 Å². The number of carbonyl (C=O) groups is 1. The summed E-state index contributed by atoms with van der Waals surface area (Å²) in [5, 5.41) is 0.222. The minimum absolute atomic E-state index is 0.222. The van der Waals surface area contributed by atoms with E-state index in [1.54, 1.807) is 0 Å². The van der Waals surface area contributed by atoms with Crippen molar-refractivity contribution in [1.82, 2.24) is 0 Å². The summed E-state index contributed by atoms with van der Waals surface area (Å²) in [4.78, 5) is 12.3. The first-order valence-electron chi connectivity index (χ1n) is 9.36. The SMILES string of the molecule is C=C(C(=O)OCCC)[Si](OCCCC)(OCCCC)OCCCC. The summed E-state index contributed by atoms with van der Waals surface area (Å²) >= 11 is 0. The predicted octanol–water partition coefficient (Wildman–Crippen LogP) is 4.42. The summed E-state index contributed by atoms with van der Waals surface area (Å²) in [5.41, 5.74) is 0. The van der Waals surface area contributed by atoms with Crippen LogP contribution in [-0.4, -0.2) is 41.2 Å². The standard InChI is InChI=1S/C18H36O5Si/c1-6-10-14-21-24(22-15-11-7-2,23-16-12-8-3)17(5)18(19)20-13-9-4/h5-16H2,1-4H3. The highest BCUT2D eigenvalue weighted by Crippen LogP contribution is 2.22. The van der Waals surface area contributed by atoms with Crippen molar-refractivity contribution in [1.29, 1.82) is 0 Å². The van der Waals surface area contributed by atoms with Crippen LogP contribution in [0.1, 0.15) is 72.6 Å². The fourth-order valence-corrected chi connectivity index (χ4v) is 4.18. The molecule has 24 heavy (non-hydrogen) atoms. The average Bonchev–Trinajstić information content (AvgIpc) is 2.59. The lowest BCUT2D eigenvalue weighted by atomic mass is 10.4. The number of hydrogen-bond donors (Lipinski definition) is 0. The van der Waals surface area contributed by atoms with Crippen LogP contribution < -0.4 is 0 Å². The lowest BCUT2D eigenvalue weighted by Gasteiger charge is -2.30. The highest BCUT2D eigenvalue weighted by molar-refractivity contribution is 6.73. The van der Waals surface area contributed by atoms with Gasteiger partial charge in [0.1, 0.15) is 5.20 Å². The maximum atomic E-state index is 12.3. The van der Waals surface area contributed by atoms with Gasteiger partial charge in [-0.25, -0.2) is 4.79 Å². The van der Waals surface area contributed by atoms with Crippen molar-refractivity contribution >= 4 is 14.8 Å². The monoisotopic (exact) mass is 360 g/mol. The molecule has 0 saturated carbocycles. The molecule has 0 saturated heterocycles. The first-order valence-corrected chi connectivity index (χ1v) is 11.1. The third-order valence-corrected chi connectivity index (χ3v) is 6.12. The normalized spacial score (nSPS) is 11.5. The van der Waals surface area contributed by atoms with E-state index in [0.717, 1.165) is 44.9 Å². The Labute approximate surface area is 149 Å². The van der Waals surface area contributed by atoms with E-state index in [1.807, 2.05) is 6.92 Å². The average molecular weight is 361 g/mol. The zero-order valence-electron chi connectivity index (χ0n) is 16.0. The van der Waals surface area contributed by atoms with Crippen molar-refractivity contribution in [2.45, 2.75) is 72.6 Å². The van der Waals surface area contributed by atoms with Gasteiger partial charge in [0.25, 0.3) is 0 Å². The van der Waals surface area contributed by atoms with Crippen LogP contribution in [0, 0.1) is 0 Å². The van der Waals surface area contributed by atoms with E-state index in [4.69, 9.17) is 18.0 Å². The Morgan fingerprint density at radius 3 is 1.50 bits per heavy atom. The third-order valence-electron chi connectivity index (χ3n) is 3.42. The molecule has 0 amide bonds. The molecular formula is C18H36O5Si. The van der Waals surface area contributed by atoms with E-state index in [9.17, 15) is 4.79 Å². The van der Waals surface area contributed by atoms with Gasteiger partial charge in [-0.2, -0.15) is 0 Å². The summed E-state index contributed by atoms with van der Waals surface area (Å²) in [5.74, 6) is -0.465. The Kier molecular flexibility index (Phi) is 14.2. The van der Waals surface area contributed by atoms with Crippen molar-refractivity contribution in [3.63, 3.8) is 0 Å². The first-order chi connectivity index (χ1) is 11.6. The predicted molar refractivity (Wildman–Crippen MR) is 98.7 cm³/mol. The van der Waals surface area contributed by atoms with Crippen LogP contribution >= 0.6 is 0 Å². The van der Waals surface area contributed by atoms with Crippen molar-refractivity contribution in [2.75, 3.05) is 26.4 Å². The lowest BCUT2D eigenvalue weighted by molar-refractivity contribution is -0.139. The zero-order chi connectivity index (χ0) is 18.3. The van der Waals surface area contributed by atoms with Gasteiger partial charge in [-0.1, -0.05) is 53.5 Å². The summed E-state index contributed by atoms with van der Waals surface area (Å²) in [6.07, 6.45) is 6.43. The molecule has 0 fully saturated rings. The van der Waals surface area contributed by atoms with Crippen LogP contribution in [-0.2, 0) is 22.8 Å². The Morgan fingerprint density at radius 1 is 0.750 bits per heavy atom. The van der Waals surface area contributed by atoms with Gasteiger partial charge in [0.2, 0.25) is 0 Å². The van der Waals surface area contributed by atoms with Crippen LogP contribution in [0.5, 0.6) is 0 Å². The minimum atomic E-state index is -3.29. The minimum Gasteiger partial charge on any atom is -0.462 e. The molecule has 0 unspecified atom stereocenters. The molecule has 0 heterocycles. The van der Waals surface area contributed by atoms with Gasteiger partial charge in [-0.3, -0.25) is 0 Å². The number of unbranched alkanes of at least 4 members (excludes halogenated alkanes) is 3. The van der Waals surface area contributed by atoms with Crippen molar-refractivity contribution in [2.24, 2.45) is 0 Å². The first kappa shape index (κ1) is 23.3. The highest BCUT2D eigenvalue weighted by Gasteiger charge is 2.49. The largest absolute Gasteiger partial charge is 0.544 e. The quantitative estimate of drug-likeness (QED) is 0.176. The summed E-state index contributed by atoms with van der Waals surface area (Å²) in [7, 11) is -3.29. The lowest BCUT2D eigenvalue weighted by Crippen LogP contribution is -2.51. The smallest absolute Gasteiger partial charge is 0.462 e. The molecule has 0 aromatic carbocycles. The van der Waals surface area contributed by atoms with Gasteiger partial charge in [0, 0.05) is 19.8 Å². The Morgan fingerprint density at radius 2 is 1.17 bits per heavy atom. The van der Waals surface area contributed by atoms with Crippen LogP contribution in [0.4, 0.5) is 0 Å². The molecule has 0 aromatic rings. The van der Waals surface area contributed by atoms with Gasteiger partial charge in [0.05, 0.1) is 6.61 Å². The second-order valence-electron chi connectivity index (χ2n) is 5.78. The molecule has 5 nitrogen and oxygen atoms in total. The maximum absolute atomic E-state index is 12.3. The van der Waals surface area contributed by atoms with E-state index >= 15 is 0 Å². The number of carbonyl (C=O) groups excluding carboxylic acids is 1. The van der Waals surface area contributed by atoms with Crippen molar-refractivity contribution in [3.05, 3.63) is 11.8 Å². The number of rotatable bonds is 16. The van der Waals surface area contributed by atoms with Crippen molar-refractivity contribution < 1.29 is 22.8 Å². The number of hydrogen-bond acceptors (Lipinski definition) is 5. The van der Waals surface area contributed by atoms with Gasteiger partial charge < -0.3 is 18.0 Å². The molecule has 0 spiro atoms. The second-order valence-corrected chi connectivity index (χ2v) is 8.36. The molecule has 0 aliphatic heterocycles. The number of ether oxygens (including phenoxy) is 1. The van der Waals surface area contributed by atoms with E-state index in [1.165, 1.54) is 0 Å². The van der Waals surface area contributed by atoms with E-state index in [-0.39, 0.29) is 5.20 Å². The van der Waals surface area contributed by atoms with Gasteiger partial charge in [-0.05, 0) is 25.7 Å². The summed E-state index contributed by atoms with van der Waals surface area (Å²) in [6, 6.07) is 0.